The van der Waals surface area contributed by atoms with E-state index in [1.807, 2.05) is 0 Å². The Morgan fingerprint density at radius 1 is 1.25 bits per heavy atom. The van der Waals surface area contributed by atoms with Crippen LogP contribution in [0.25, 0.3) is 10.9 Å². The number of rotatable bonds is 0. The Bertz CT molecular complexity index is 430. The number of halogens is 1. The molecule has 2 rings (SSSR count). The molecular weight excluding hydrogens is 267 g/mol. The summed E-state index contributed by atoms with van der Waals surface area (Å²) in [6, 6.07) is 5.05. The van der Waals surface area contributed by atoms with E-state index in [1.54, 1.807) is 18.2 Å². The highest BCUT2D eigenvalue weighted by Crippen LogP contribution is 2.20. The molecule has 1 aromatic heterocycles. The molecule has 12 heavy (non-hydrogen) atoms. The van der Waals surface area contributed by atoms with Gasteiger partial charge in [-0.1, -0.05) is 0 Å². The number of hydrogen-bond acceptors (Lipinski definition) is 3. The van der Waals surface area contributed by atoms with Crippen molar-refractivity contribution >= 4 is 33.5 Å². The minimum absolute atomic E-state index is 0.246. The molecule has 0 fully saturated rings. The summed E-state index contributed by atoms with van der Waals surface area (Å²) in [5.74, 6) is 0.246. The number of hydrogen-bond donors (Lipinski definition) is 1. The first-order chi connectivity index (χ1) is 5.77. The van der Waals surface area contributed by atoms with Gasteiger partial charge in [0.1, 0.15) is 15.8 Å². The predicted octanol–water partition coefficient (Wildman–Crippen LogP) is 1.94. The second kappa shape index (κ2) is 2.85. The van der Waals surface area contributed by atoms with Crippen LogP contribution in [0.3, 0.4) is 0 Å². The van der Waals surface area contributed by atoms with E-state index in [-0.39, 0.29) is 5.75 Å². The lowest BCUT2D eigenvalue weighted by Gasteiger charge is -1.98. The average Bonchev–Trinajstić information content (AvgIpc) is 2.07. The van der Waals surface area contributed by atoms with Crippen LogP contribution in [0.5, 0.6) is 5.75 Å². The van der Waals surface area contributed by atoms with Gasteiger partial charge in [-0.3, -0.25) is 0 Å². The normalized spacial score (nSPS) is 10.4. The Morgan fingerprint density at radius 3 is 2.92 bits per heavy atom. The summed E-state index contributed by atoms with van der Waals surface area (Å²) < 4.78 is 0.855. The molecule has 3 nitrogen and oxygen atoms in total. The number of fused-ring (bicyclic) bond motifs is 1. The highest BCUT2D eigenvalue weighted by atomic mass is 127. The first-order valence-electron chi connectivity index (χ1n) is 3.36. The summed E-state index contributed by atoms with van der Waals surface area (Å²) in [5, 5.41) is 10.1. The Labute approximate surface area is 82.6 Å². The third kappa shape index (κ3) is 1.22. The molecule has 2 aromatic rings. The molecule has 4 heteroatoms. The van der Waals surface area contributed by atoms with E-state index < -0.39 is 0 Å². The third-order valence-electron chi connectivity index (χ3n) is 1.57. The quantitative estimate of drug-likeness (QED) is 0.589. The van der Waals surface area contributed by atoms with Crippen molar-refractivity contribution in [1.29, 1.82) is 0 Å². The van der Waals surface area contributed by atoms with Crippen molar-refractivity contribution in [2.75, 3.05) is 0 Å². The standard InChI is InChI=1S/C8H5IN2O/c9-8-6-3-5(12)1-2-7(6)10-4-11-8/h1-4,12H. The number of aromatic nitrogens is 2. The Morgan fingerprint density at radius 2 is 2.08 bits per heavy atom. The zero-order valence-corrected chi connectivity index (χ0v) is 8.19. The molecule has 0 aliphatic heterocycles. The molecule has 1 aromatic carbocycles. The van der Waals surface area contributed by atoms with Crippen LogP contribution in [0.15, 0.2) is 24.5 Å². The van der Waals surface area contributed by atoms with Gasteiger partial charge in [-0.05, 0) is 40.8 Å². The first kappa shape index (κ1) is 7.72. The highest BCUT2D eigenvalue weighted by molar-refractivity contribution is 14.1. The summed E-state index contributed by atoms with van der Waals surface area (Å²) in [4.78, 5) is 8.07. The number of phenolic OH excluding ortho intramolecular Hbond substituents is 1. The minimum Gasteiger partial charge on any atom is -0.508 e. The predicted molar refractivity (Wildman–Crippen MR) is 53.9 cm³/mol. The van der Waals surface area contributed by atoms with Gasteiger partial charge in [-0.15, -0.1) is 0 Å². The molecule has 0 saturated heterocycles. The number of benzene rings is 1. The lowest BCUT2D eigenvalue weighted by atomic mass is 10.2. The van der Waals surface area contributed by atoms with Crippen LogP contribution >= 0.6 is 22.6 Å². The van der Waals surface area contributed by atoms with Gasteiger partial charge in [-0.2, -0.15) is 0 Å². The van der Waals surface area contributed by atoms with Crippen LogP contribution < -0.4 is 0 Å². The number of nitrogens with zero attached hydrogens (tertiary/aromatic N) is 2. The highest BCUT2D eigenvalue weighted by Gasteiger charge is 2.00. The monoisotopic (exact) mass is 272 g/mol. The second-order valence-electron chi connectivity index (χ2n) is 2.37. The smallest absolute Gasteiger partial charge is 0.117 e. The lowest BCUT2D eigenvalue weighted by Crippen LogP contribution is -1.85. The van der Waals surface area contributed by atoms with Crippen molar-refractivity contribution < 1.29 is 5.11 Å². The van der Waals surface area contributed by atoms with Crippen molar-refractivity contribution in [3.63, 3.8) is 0 Å². The number of aromatic hydroxyl groups is 1. The zero-order valence-electron chi connectivity index (χ0n) is 6.03. The van der Waals surface area contributed by atoms with Gasteiger partial charge >= 0.3 is 0 Å². The first-order valence-corrected chi connectivity index (χ1v) is 4.44. The van der Waals surface area contributed by atoms with Crippen molar-refractivity contribution in [3.05, 3.63) is 28.2 Å². The minimum atomic E-state index is 0.246. The van der Waals surface area contributed by atoms with Crippen LogP contribution in [0.2, 0.25) is 0 Å². The summed E-state index contributed by atoms with van der Waals surface area (Å²) >= 11 is 2.11. The van der Waals surface area contributed by atoms with E-state index in [1.165, 1.54) is 6.33 Å². The fourth-order valence-electron chi connectivity index (χ4n) is 1.01. The SMILES string of the molecule is Oc1ccc2ncnc(I)c2c1. The van der Waals surface area contributed by atoms with Gasteiger partial charge in [0.2, 0.25) is 0 Å². The van der Waals surface area contributed by atoms with Crippen molar-refractivity contribution in [1.82, 2.24) is 9.97 Å². The molecule has 0 radical (unpaired) electrons. The van der Waals surface area contributed by atoms with Crippen molar-refractivity contribution in [2.24, 2.45) is 0 Å². The Balaban J connectivity index is 2.88. The van der Waals surface area contributed by atoms with Crippen LogP contribution in [0.1, 0.15) is 0 Å². The fourth-order valence-corrected chi connectivity index (χ4v) is 1.57. The fraction of sp³-hybridized carbons (Fsp3) is 0. The van der Waals surface area contributed by atoms with E-state index in [9.17, 15) is 5.11 Å². The molecule has 0 aliphatic rings. The van der Waals surface area contributed by atoms with Gasteiger partial charge in [0.25, 0.3) is 0 Å². The van der Waals surface area contributed by atoms with Crippen molar-refractivity contribution in [2.45, 2.75) is 0 Å². The second-order valence-corrected chi connectivity index (χ2v) is 3.39. The van der Waals surface area contributed by atoms with Crippen LogP contribution in [-0.4, -0.2) is 15.1 Å². The number of phenols is 1. The van der Waals surface area contributed by atoms with Crippen molar-refractivity contribution in [3.8, 4) is 5.75 Å². The van der Waals surface area contributed by atoms with Crippen LogP contribution in [-0.2, 0) is 0 Å². The molecule has 0 atom stereocenters. The summed E-state index contributed by atoms with van der Waals surface area (Å²) in [7, 11) is 0. The molecule has 1 N–H and O–H groups in total. The lowest BCUT2D eigenvalue weighted by molar-refractivity contribution is 0.476. The van der Waals surface area contributed by atoms with Gasteiger partial charge < -0.3 is 5.11 Å². The Kier molecular flexibility index (Phi) is 1.84. The summed E-state index contributed by atoms with van der Waals surface area (Å²) in [6.45, 7) is 0. The van der Waals surface area contributed by atoms with Crippen LogP contribution in [0.4, 0.5) is 0 Å². The molecule has 0 amide bonds. The van der Waals surface area contributed by atoms with Gasteiger partial charge in [0.05, 0.1) is 5.52 Å². The van der Waals surface area contributed by atoms with E-state index in [0.717, 1.165) is 14.6 Å². The largest absolute Gasteiger partial charge is 0.508 e. The molecule has 0 spiro atoms. The zero-order chi connectivity index (χ0) is 8.55. The van der Waals surface area contributed by atoms with E-state index in [4.69, 9.17) is 0 Å². The van der Waals surface area contributed by atoms with Crippen LogP contribution in [0, 0.1) is 3.70 Å². The molecule has 1 heterocycles. The van der Waals surface area contributed by atoms with Gasteiger partial charge in [-0.25, -0.2) is 9.97 Å². The average molecular weight is 272 g/mol. The molecular formula is C8H5IN2O. The maximum Gasteiger partial charge on any atom is 0.117 e. The molecule has 0 unspecified atom stereocenters. The van der Waals surface area contributed by atoms with E-state index in [0.29, 0.717) is 0 Å². The van der Waals surface area contributed by atoms with Gasteiger partial charge in [0, 0.05) is 5.39 Å². The summed E-state index contributed by atoms with van der Waals surface area (Å²) in [5.41, 5.74) is 0.854. The molecule has 0 bridgehead atoms. The molecule has 0 saturated carbocycles. The Hall–Kier alpha value is -0.910. The van der Waals surface area contributed by atoms with Gasteiger partial charge in [0.15, 0.2) is 0 Å². The molecule has 60 valence electrons. The maximum absolute atomic E-state index is 9.20. The summed E-state index contributed by atoms with van der Waals surface area (Å²) in [6.07, 6.45) is 1.52. The molecule has 0 aliphatic carbocycles. The topological polar surface area (TPSA) is 46.0 Å². The third-order valence-corrected chi connectivity index (χ3v) is 2.43. The maximum atomic E-state index is 9.20. The van der Waals surface area contributed by atoms with E-state index >= 15 is 0 Å². The van der Waals surface area contributed by atoms with E-state index in [2.05, 4.69) is 32.6 Å².